The van der Waals surface area contributed by atoms with Gasteiger partial charge in [0.05, 0.1) is 25.0 Å². The Bertz CT molecular complexity index is 641. The predicted molar refractivity (Wildman–Crippen MR) is 86.5 cm³/mol. The fourth-order valence-corrected chi connectivity index (χ4v) is 2.71. The summed E-state index contributed by atoms with van der Waals surface area (Å²) >= 11 is 11.9. The van der Waals surface area contributed by atoms with E-state index in [1.165, 1.54) is 18.2 Å². The number of hydrogen-bond acceptors (Lipinski definition) is 4. The molecule has 5 nitrogen and oxygen atoms in total. The molecule has 0 radical (unpaired) electrons. The first-order valence-electron chi connectivity index (χ1n) is 7.02. The van der Waals surface area contributed by atoms with Crippen LogP contribution in [0.25, 0.3) is 0 Å². The Morgan fingerprint density at radius 1 is 1.39 bits per heavy atom. The van der Waals surface area contributed by atoms with E-state index in [9.17, 15) is 14.9 Å². The van der Waals surface area contributed by atoms with Crippen molar-refractivity contribution in [2.75, 3.05) is 0 Å². The van der Waals surface area contributed by atoms with Gasteiger partial charge in [-0.1, -0.05) is 36.2 Å². The van der Waals surface area contributed by atoms with Crippen LogP contribution in [-0.2, 0) is 19.7 Å². The third-order valence-corrected chi connectivity index (χ3v) is 4.02. The molecular formula is C16H17Cl2NO4. The highest BCUT2D eigenvalue weighted by atomic mass is 35.5. The fraction of sp³-hybridized carbons (Fsp3) is 0.438. The highest BCUT2D eigenvalue weighted by Gasteiger charge is 2.40. The van der Waals surface area contributed by atoms with Crippen LogP contribution in [0.3, 0.4) is 0 Å². The average Bonchev–Trinajstić information content (AvgIpc) is 2.45. The van der Waals surface area contributed by atoms with Crippen LogP contribution in [0.15, 0.2) is 18.2 Å². The van der Waals surface area contributed by atoms with Gasteiger partial charge in [-0.25, -0.2) is 0 Å². The van der Waals surface area contributed by atoms with E-state index in [4.69, 9.17) is 33.0 Å². The first-order valence-corrected chi connectivity index (χ1v) is 7.77. The number of benzene rings is 1. The van der Waals surface area contributed by atoms with Gasteiger partial charge in [0, 0.05) is 10.0 Å². The molecule has 0 saturated carbocycles. The number of nitriles is 1. The molecule has 7 heteroatoms. The molecule has 2 atom stereocenters. The molecule has 2 unspecified atom stereocenters. The molecule has 1 rings (SSSR count). The molecule has 23 heavy (non-hydrogen) atoms. The Balaban J connectivity index is 3.24. The molecule has 0 fully saturated rings. The molecule has 0 aliphatic rings. The molecule has 0 saturated heterocycles. The van der Waals surface area contributed by atoms with Gasteiger partial charge in [-0.05, 0) is 31.0 Å². The first-order chi connectivity index (χ1) is 10.7. The second-order valence-corrected chi connectivity index (χ2v) is 6.12. The van der Waals surface area contributed by atoms with Crippen LogP contribution in [0, 0.1) is 11.3 Å². The standard InChI is InChI=1S/C16H17Cl2NO4/c1-3-10(2)23-15(22)8-16(9-19,7-14(20)21)12-5-4-11(17)6-13(12)18/h4-6,10H,3,7-8H2,1-2H3,(H,20,21). The lowest BCUT2D eigenvalue weighted by Crippen LogP contribution is -2.32. The first kappa shape index (κ1) is 19.3. The quantitative estimate of drug-likeness (QED) is 0.746. The van der Waals surface area contributed by atoms with Crippen molar-refractivity contribution in [3.05, 3.63) is 33.8 Å². The van der Waals surface area contributed by atoms with Crippen LogP contribution in [0.5, 0.6) is 0 Å². The van der Waals surface area contributed by atoms with E-state index in [-0.39, 0.29) is 16.7 Å². The Labute approximate surface area is 144 Å². The molecule has 1 aromatic rings. The number of rotatable bonds is 7. The summed E-state index contributed by atoms with van der Waals surface area (Å²) in [6.07, 6.45) is -0.669. The van der Waals surface area contributed by atoms with Crippen molar-refractivity contribution in [2.45, 2.75) is 44.6 Å². The monoisotopic (exact) mass is 357 g/mol. The lowest BCUT2D eigenvalue weighted by Gasteiger charge is -2.26. The Hall–Kier alpha value is -1.77. The highest BCUT2D eigenvalue weighted by Crippen LogP contribution is 2.37. The van der Waals surface area contributed by atoms with Gasteiger partial charge >= 0.3 is 11.9 Å². The van der Waals surface area contributed by atoms with E-state index in [0.29, 0.717) is 11.4 Å². The fourth-order valence-electron chi connectivity index (χ4n) is 2.12. The number of carbonyl (C=O) groups is 2. The van der Waals surface area contributed by atoms with Crippen molar-refractivity contribution in [3.8, 4) is 6.07 Å². The third-order valence-electron chi connectivity index (χ3n) is 3.47. The molecule has 0 heterocycles. The van der Waals surface area contributed by atoms with Crippen molar-refractivity contribution in [1.29, 1.82) is 5.26 Å². The Morgan fingerprint density at radius 3 is 2.52 bits per heavy atom. The molecule has 124 valence electrons. The number of carboxylic acid groups (broad SMARTS) is 1. The van der Waals surface area contributed by atoms with Crippen molar-refractivity contribution in [1.82, 2.24) is 0 Å². The van der Waals surface area contributed by atoms with E-state index in [1.54, 1.807) is 6.92 Å². The van der Waals surface area contributed by atoms with Crippen molar-refractivity contribution in [3.63, 3.8) is 0 Å². The average molecular weight is 358 g/mol. The lowest BCUT2D eigenvalue weighted by molar-refractivity contribution is -0.149. The number of ether oxygens (including phenoxy) is 1. The van der Waals surface area contributed by atoms with E-state index in [0.717, 1.165) is 0 Å². The van der Waals surface area contributed by atoms with Crippen LogP contribution < -0.4 is 0 Å². The molecule has 1 N–H and O–H groups in total. The Morgan fingerprint density at radius 2 is 2.04 bits per heavy atom. The molecule has 1 aromatic carbocycles. The van der Waals surface area contributed by atoms with E-state index in [1.807, 2.05) is 13.0 Å². The lowest BCUT2D eigenvalue weighted by atomic mass is 9.76. The minimum absolute atomic E-state index is 0.136. The van der Waals surface area contributed by atoms with E-state index in [2.05, 4.69) is 0 Å². The second-order valence-electron chi connectivity index (χ2n) is 5.27. The van der Waals surface area contributed by atoms with Crippen molar-refractivity contribution >= 4 is 35.1 Å². The summed E-state index contributed by atoms with van der Waals surface area (Å²) in [6.45, 7) is 3.57. The topological polar surface area (TPSA) is 87.4 Å². The smallest absolute Gasteiger partial charge is 0.308 e. The zero-order valence-electron chi connectivity index (χ0n) is 12.8. The van der Waals surface area contributed by atoms with Gasteiger partial charge in [0.1, 0.15) is 5.41 Å². The largest absolute Gasteiger partial charge is 0.481 e. The summed E-state index contributed by atoms with van der Waals surface area (Å²) in [5.74, 6) is -1.86. The number of esters is 1. The highest BCUT2D eigenvalue weighted by molar-refractivity contribution is 6.35. The summed E-state index contributed by atoms with van der Waals surface area (Å²) in [7, 11) is 0. The summed E-state index contributed by atoms with van der Waals surface area (Å²) in [4.78, 5) is 23.3. The van der Waals surface area contributed by atoms with Gasteiger partial charge in [-0.15, -0.1) is 0 Å². The summed E-state index contributed by atoms with van der Waals surface area (Å²) in [5, 5.41) is 19.2. The molecule has 0 bridgehead atoms. The summed E-state index contributed by atoms with van der Waals surface area (Å²) in [5.41, 5.74) is -1.37. The molecule has 0 aromatic heterocycles. The number of hydrogen-bond donors (Lipinski definition) is 1. The number of nitrogens with zero attached hydrogens (tertiary/aromatic N) is 1. The van der Waals surface area contributed by atoms with E-state index < -0.39 is 30.2 Å². The maximum atomic E-state index is 12.1. The predicted octanol–water partition coefficient (Wildman–Crippen LogP) is 3.96. The third kappa shape index (κ3) is 5.12. The van der Waals surface area contributed by atoms with Crippen LogP contribution in [-0.4, -0.2) is 23.1 Å². The number of carboxylic acids is 1. The van der Waals surface area contributed by atoms with E-state index >= 15 is 0 Å². The van der Waals surface area contributed by atoms with Gasteiger partial charge < -0.3 is 9.84 Å². The molecular weight excluding hydrogens is 341 g/mol. The van der Waals surface area contributed by atoms with Gasteiger partial charge in [-0.3, -0.25) is 9.59 Å². The van der Waals surface area contributed by atoms with Crippen LogP contribution in [0.4, 0.5) is 0 Å². The van der Waals surface area contributed by atoms with Crippen molar-refractivity contribution in [2.24, 2.45) is 0 Å². The number of aliphatic carboxylic acids is 1. The molecule has 0 aliphatic heterocycles. The van der Waals surface area contributed by atoms with Crippen LogP contribution in [0.2, 0.25) is 10.0 Å². The van der Waals surface area contributed by atoms with Crippen LogP contribution >= 0.6 is 23.2 Å². The zero-order valence-corrected chi connectivity index (χ0v) is 14.3. The zero-order chi connectivity index (χ0) is 17.6. The van der Waals surface area contributed by atoms with Gasteiger partial charge in [0.2, 0.25) is 0 Å². The van der Waals surface area contributed by atoms with Crippen molar-refractivity contribution < 1.29 is 19.4 Å². The second kappa shape index (κ2) is 8.19. The maximum absolute atomic E-state index is 12.1. The van der Waals surface area contributed by atoms with Gasteiger partial charge in [0.25, 0.3) is 0 Å². The van der Waals surface area contributed by atoms with Crippen LogP contribution in [0.1, 0.15) is 38.7 Å². The molecule has 0 aliphatic carbocycles. The Kier molecular flexibility index (Phi) is 6.86. The van der Waals surface area contributed by atoms with Gasteiger partial charge in [-0.2, -0.15) is 5.26 Å². The normalized spacial score (nSPS) is 14.4. The molecule has 0 amide bonds. The SMILES string of the molecule is CCC(C)OC(=O)CC(C#N)(CC(=O)O)c1ccc(Cl)cc1Cl. The minimum Gasteiger partial charge on any atom is -0.481 e. The molecule has 0 spiro atoms. The summed E-state index contributed by atoms with van der Waals surface area (Å²) < 4.78 is 5.17. The van der Waals surface area contributed by atoms with Gasteiger partial charge in [0.15, 0.2) is 0 Å². The number of halogens is 2. The minimum atomic E-state index is -1.61. The maximum Gasteiger partial charge on any atom is 0.308 e. The number of carbonyl (C=O) groups excluding carboxylic acids is 1. The summed E-state index contributed by atoms with van der Waals surface area (Å²) in [6, 6.07) is 6.31.